The van der Waals surface area contributed by atoms with E-state index in [1.807, 2.05) is 0 Å². The molecule has 1 atom stereocenters. The lowest BCUT2D eigenvalue weighted by atomic mass is 10.2. The van der Waals surface area contributed by atoms with Gasteiger partial charge in [0.1, 0.15) is 6.04 Å². The number of carboxylic acid groups (broad SMARTS) is 1. The SMILES string of the molecule is O=C(N[C@H](CCO)C(=O)O)C1CC1. The van der Waals surface area contributed by atoms with Crippen molar-refractivity contribution in [3.05, 3.63) is 0 Å². The molecule has 0 spiro atoms. The number of hydrogen-bond donors (Lipinski definition) is 3. The zero-order valence-electron chi connectivity index (χ0n) is 7.19. The van der Waals surface area contributed by atoms with E-state index < -0.39 is 12.0 Å². The molecule has 0 bridgehead atoms. The van der Waals surface area contributed by atoms with E-state index in [1.54, 1.807) is 0 Å². The molecule has 1 amide bonds. The van der Waals surface area contributed by atoms with Crippen LogP contribution in [0.15, 0.2) is 0 Å². The molecule has 0 radical (unpaired) electrons. The number of carbonyl (C=O) groups is 2. The molecule has 0 aromatic carbocycles. The summed E-state index contributed by atoms with van der Waals surface area (Å²) in [6.45, 7) is -0.234. The number of carbonyl (C=O) groups excluding carboxylic acids is 1. The maximum Gasteiger partial charge on any atom is 0.326 e. The first kappa shape index (κ1) is 9.98. The van der Waals surface area contributed by atoms with Crippen molar-refractivity contribution in [3.63, 3.8) is 0 Å². The van der Waals surface area contributed by atoms with Crippen LogP contribution in [0, 0.1) is 5.92 Å². The normalized spacial score (nSPS) is 17.9. The first-order chi connectivity index (χ1) is 6.15. The summed E-state index contributed by atoms with van der Waals surface area (Å²) in [5.74, 6) is -1.30. The molecular weight excluding hydrogens is 174 g/mol. The predicted molar refractivity (Wildman–Crippen MR) is 44.0 cm³/mol. The third-order valence-corrected chi connectivity index (χ3v) is 1.98. The molecule has 5 nitrogen and oxygen atoms in total. The van der Waals surface area contributed by atoms with Gasteiger partial charge in [0, 0.05) is 18.9 Å². The summed E-state index contributed by atoms with van der Waals surface area (Å²) >= 11 is 0. The zero-order valence-corrected chi connectivity index (χ0v) is 7.19. The van der Waals surface area contributed by atoms with E-state index >= 15 is 0 Å². The molecular formula is C8H13NO4. The highest BCUT2D eigenvalue weighted by atomic mass is 16.4. The van der Waals surface area contributed by atoms with Crippen LogP contribution in [0.4, 0.5) is 0 Å². The number of nitrogens with one attached hydrogen (secondary N) is 1. The smallest absolute Gasteiger partial charge is 0.326 e. The lowest BCUT2D eigenvalue weighted by Gasteiger charge is -2.12. The van der Waals surface area contributed by atoms with Gasteiger partial charge in [0.05, 0.1) is 0 Å². The number of aliphatic hydroxyl groups excluding tert-OH is 1. The zero-order chi connectivity index (χ0) is 9.84. The Kier molecular flexibility index (Phi) is 3.25. The van der Waals surface area contributed by atoms with Gasteiger partial charge in [0.2, 0.25) is 5.91 Å². The molecule has 0 aromatic heterocycles. The van der Waals surface area contributed by atoms with Gasteiger partial charge in [-0.2, -0.15) is 0 Å². The van der Waals surface area contributed by atoms with E-state index in [4.69, 9.17) is 10.2 Å². The second kappa shape index (κ2) is 4.23. The maximum atomic E-state index is 11.1. The summed E-state index contributed by atoms with van der Waals surface area (Å²) in [4.78, 5) is 21.7. The summed E-state index contributed by atoms with van der Waals surface area (Å²) in [5.41, 5.74) is 0. The van der Waals surface area contributed by atoms with Crippen molar-refractivity contribution < 1.29 is 19.8 Å². The molecule has 0 heterocycles. The molecule has 1 fully saturated rings. The van der Waals surface area contributed by atoms with E-state index in [-0.39, 0.29) is 24.9 Å². The fraction of sp³-hybridized carbons (Fsp3) is 0.750. The van der Waals surface area contributed by atoms with Crippen molar-refractivity contribution in [2.45, 2.75) is 25.3 Å². The molecule has 5 heteroatoms. The van der Waals surface area contributed by atoms with Gasteiger partial charge < -0.3 is 15.5 Å². The molecule has 1 rings (SSSR count). The van der Waals surface area contributed by atoms with Gasteiger partial charge in [0.15, 0.2) is 0 Å². The number of aliphatic hydroxyl groups is 1. The molecule has 0 unspecified atom stereocenters. The fourth-order valence-corrected chi connectivity index (χ4v) is 1.02. The average Bonchev–Trinajstić information content (AvgIpc) is 2.85. The van der Waals surface area contributed by atoms with Gasteiger partial charge in [-0.05, 0) is 12.8 Å². The van der Waals surface area contributed by atoms with Crippen LogP contribution in [0.1, 0.15) is 19.3 Å². The molecule has 0 aromatic rings. The van der Waals surface area contributed by atoms with Gasteiger partial charge in [-0.3, -0.25) is 4.79 Å². The monoisotopic (exact) mass is 187 g/mol. The summed E-state index contributed by atoms with van der Waals surface area (Å²) < 4.78 is 0. The minimum atomic E-state index is -1.09. The molecule has 1 aliphatic rings. The highest BCUT2D eigenvalue weighted by molar-refractivity contribution is 5.86. The fourth-order valence-electron chi connectivity index (χ4n) is 1.02. The minimum Gasteiger partial charge on any atom is -0.480 e. The minimum absolute atomic E-state index is 0.000503. The number of carboxylic acids is 1. The topological polar surface area (TPSA) is 86.6 Å². The Morgan fingerprint density at radius 3 is 2.46 bits per heavy atom. The lowest BCUT2D eigenvalue weighted by Crippen LogP contribution is -2.42. The van der Waals surface area contributed by atoms with Crippen LogP contribution in [0.25, 0.3) is 0 Å². The second-order valence-corrected chi connectivity index (χ2v) is 3.19. The van der Waals surface area contributed by atoms with E-state index in [1.165, 1.54) is 0 Å². The number of rotatable bonds is 5. The van der Waals surface area contributed by atoms with Crippen LogP contribution in [-0.2, 0) is 9.59 Å². The Balaban J connectivity index is 2.36. The molecule has 0 aliphatic heterocycles. The Morgan fingerprint density at radius 1 is 1.46 bits per heavy atom. The van der Waals surface area contributed by atoms with Crippen molar-refractivity contribution >= 4 is 11.9 Å². The van der Waals surface area contributed by atoms with Gasteiger partial charge in [-0.15, -0.1) is 0 Å². The second-order valence-electron chi connectivity index (χ2n) is 3.19. The Bertz CT molecular complexity index is 212. The van der Waals surface area contributed by atoms with Crippen LogP contribution < -0.4 is 5.32 Å². The third-order valence-electron chi connectivity index (χ3n) is 1.98. The van der Waals surface area contributed by atoms with Crippen LogP contribution in [0.5, 0.6) is 0 Å². The predicted octanol–water partition coefficient (Wildman–Crippen LogP) is -0.652. The lowest BCUT2D eigenvalue weighted by molar-refractivity contribution is -0.142. The average molecular weight is 187 g/mol. The largest absolute Gasteiger partial charge is 0.480 e. The van der Waals surface area contributed by atoms with Crippen molar-refractivity contribution in [3.8, 4) is 0 Å². The molecule has 13 heavy (non-hydrogen) atoms. The highest BCUT2D eigenvalue weighted by Crippen LogP contribution is 2.28. The molecule has 1 aliphatic carbocycles. The number of aliphatic carboxylic acids is 1. The standard InChI is InChI=1S/C8H13NO4/c10-4-3-6(8(12)13)9-7(11)5-1-2-5/h5-6,10H,1-4H2,(H,9,11)(H,12,13)/t6-/m1/s1. The van der Waals surface area contributed by atoms with Gasteiger partial charge in [-0.25, -0.2) is 4.79 Å². The van der Waals surface area contributed by atoms with Crippen LogP contribution in [0.3, 0.4) is 0 Å². The van der Waals surface area contributed by atoms with Crippen molar-refractivity contribution in [2.75, 3.05) is 6.61 Å². The molecule has 1 saturated carbocycles. The Hall–Kier alpha value is -1.10. The Morgan fingerprint density at radius 2 is 2.08 bits per heavy atom. The van der Waals surface area contributed by atoms with E-state index in [0.29, 0.717) is 0 Å². The highest BCUT2D eigenvalue weighted by Gasteiger charge is 2.32. The number of amides is 1. The van der Waals surface area contributed by atoms with E-state index in [9.17, 15) is 9.59 Å². The van der Waals surface area contributed by atoms with Crippen molar-refractivity contribution in [2.24, 2.45) is 5.92 Å². The van der Waals surface area contributed by atoms with E-state index in [0.717, 1.165) is 12.8 Å². The summed E-state index contributed by atoms with van der Waals surface area (Å²) in [5, 5.41) is 19.5. The summed E-state index contributed by atoms with van der Waals surface area (Å²) in [6, 6.07) is -0.946. The van der Waals surface area contributed by atoms with Gasteiger partial charge in [0.25, 0.3) is 0 Å². The molecule has 74 valence electrons. The molecule has 0 saturated heterocycles. The van der Waals surface area contributed by atoms with Crippen LogP contribution in [0.2, 0.25) is 0 Å². The van der Waals surface area contributed by atoms with Crippen molar-refractivity contribution in [1.29, 1.82) is 0 Å². The van der Waals surface area contributed by atoms with Crippen molar-refractivity contribution in [1.82, 2.24) is 5.32 Å². The maximum absolute atomic E-state index is 11.1. The first-order valence-corrected chi connectivity index (χ1v) is 4.29. The molecule has 3 N–H and O–H groups in total. The van der Waals surface area contributed by atoms with Crippen LogP contribution in [-0.4, -0.2) is 34.7 Å². The summed E-state index contributed by atoms with van der Waals surface area (Å²) in [6.07, 6.45) is 1.75. The Labute approximate surface area is 75.7 Å². The number of hydrogen-bond acceptors (Lipinski definition) is 3. The third kappa shape index (κ3) is 3.02. The van der Waals surface area contributed by atoms with Gasteiger partial charge in [-0.1, -0.05) is 0 Å². The summed E-state index contributed by atoms with van der Waals surface area (Å²) in [7, 11) is 0. The van der Waals surface area contributed by atoms with Gasteiger partial charge >= 0.3 is 5.97 Å². The van der Waals surface area contributed by atoms with E-state index in [2.05, 4.69) is 5.32 Å². The quantitative estimate of drug-likeness (QED) is 0.533. The first-order valence-electron chi connectivity index (χ1n) is 4.29. The van der Waals surface area contributed by atoms with Crippen LogP contribution >= 0.6 is 0 Å².